The van der Waals surface area contributed by atoms with Gasteiger partial charge in [-0.15, -0.1) is 12.4 Å². The Hall–Kier alpha value is 0.0900. The molecule has 0 spiro atoms. The van der Waals surface area contributed by atoms with Crippen molar-refractivity contribution in [2.75, 3.05) is 0 Å². The second-order valence-corrected chi connectivity index (χ2v) is 0. The van der Waals surface area contributed by atoms with Crippen LogP contribution >= 0.6 is 12.4 Å². The number of rotatable bonds is 0. The summed E-state index contributed by atoms with van der Waals surface area (Å²) in [5, 5.41) is 0. The minimum Gasteiger partial charge on any atom is -0.412 e. The molecule has 0 rings (SSSR count). The van der Waals surface area contributed by atoms with Crippen molar-refractivity contribution in [3.8, 4) is 0 Å². The molecular weight excluding hydrogens is 115 g/mol. The topological polar surface area (TPSA) is 158 Å². The molecule has 0 aliphatic heterocycles. The van der Waals surface area contributed by atoms with Crippen LogP contribution in [0.15, 0.2) is 0 Å². The molecule has 48 valence electrons. The van der Waals surface area contributed by atoms with Crippen molar-refractivity contribution in [1.29, 1.82) is 0 Å². The van der Waals surface area contributed by atoms with Crippen LogP contribution in [0.3, 0.4) is 0 Å². The summed E-state index contributed by atoms with van der Waals surface area (Å²) in [5.74, 6) is 0. The molecule has 0 heterocycles. The molecular formula is H11ClO5. The summed E-state index contributed by atoms with van der Waals surface area (Å²) in [6.45, 7) is 0. The highest BCUT2D eigenvalue weighted by Crippen LogP contribution is 0.690. The van der Waals surface area contributed by atoms with E-state index in [9.17, 15) is 0 Å². The molecule has 0 aromatic heterocycles. The van der Waals surface area contributed by atoms with Gasteiger partial charge in [-0.2, -0.15) is 0 Å². The van der Waals surface area contributed by atoms with Gasteiger partial charge in [0.25, 0.3) is 0 Å². The van der Waals surface area contributed by atoms with Gasteiger partial charge in [-0.1, -0.05) is 0 Å². The minimum atomic E-state index is 0. The van der Waals surface area contributed by atoms with Gasteiger partial charge in [0, 0.05) is 0 Å². The van der Waals surface area contributed by atoms with E-state index in [0.29, 0.717) is 0 Å². The van der Waals surface area contributed by atoms with Crippen LogP contribution in [0.5, 0.6) is 0 Å². The standard InChI is InChI=1S/ClH.5H2O/h1H;5*1H2. The molecule has 6 heavy (non-hydrogen) atoms. The first-order valence-corrected chi connectivity index (χ1v) is 0. The van der Waals surface area contributed by atoms with Crippen LogP contribution in [0.2, 0.25) is 0 Å². The minimum absolute atomic E-state index is 0. The van der Waals surface area contributed by atoms with Crippen molar-refractivity contribution in [1.82, 2.24) is 0 Å². The predicted molar refractivity (Wildman–Crippen MR) is 25.3 cm³/mol. The van der Waals surface area contributed by atoms with E-state index in [0.717, 1.165) is 0 Å². The Morgan fingerprint density at radius 2 is 0.333 bits per heavy atom. The van der Waals surface area contributed by atoms with Crippen molar-refractivity contribution in [3.63, 3.8) is 0 Å². The number of hydrogen-bond acceptors (Lipinski definition) is 0. The lowest BCUT2D eigenvalue weighted by Gasteiger charge is -0.413. The van der Waals surface area contributed by atoms with E-state index < -0.39 is 0 Å². The molecule has 0 saturated carbocycles. The molecule has 0 fully saturated rings. The third-order valence-corrected chi connectivity index (χ3v) is 0. The molecule has 0 atom stereocenters. The second-order valence-electron chi connectivity index (χ2n) is 0. The Morgan fingerprint density at radius 1 is 0.333 bits per heavy atom. The third kappa shape index (κ3) is 4820. The summed E-state index contributed by atoms with van der Waals surface area (Å²) in [7, 11) is 0. The van der Waals surface area contributed by atoms with Gasteiger partial charge >= 0.3 is 0 Å². The molecule has 0 bridgehead atoms. The quantitative estimate of drug-likeness (QED) is 0.313. The third-order valence-electron chi connectivity index (χ3n) is 0. The summed E-state index contributed by atoms with van der Waals surface area (Å²) >= 11 is 0. The molecule has 0 amide bonds. The smallest absolute Gasteiger partial charge is 0.147 e. The molecule has 6 heteroatoms. The van der Waals surface area contributed by atoms with Gasteiger partial charge in [0.05, 0.1) is 0 Å². The van der Waals surface area contributed by atoms with Crippen LogP contribution < -0.4 is 0 Å². The van der Waals surface area contributed by atoms with Crippen LogP contribution in [0, 0.1) is 0 Å². The van der Waals surface area contributed by atoms with Gasteiger partial charge in [-0.25, -0.2) is 0 Å². The summed E-state index contributed by atoms with van der Waals surface area (Å²) < 4.78 is 0. The van der Waals surface area contributed by atoms with Gasteiger partial charge in [0.1, 0.15) is 0 Å². The summed E-state index contributed by atoms with van der Waals surface area (Å²) in [4.78, 5) is 0. The van der Waals surface area contributed by atoms with E-state index in [1.54, 1.807) is 0 Å². The zero-order valence-electron chi connectivity index (χ0n) is 2.91. The molecule has 0 aromatic carbocycles. The Morgan fingerprint density at radius 3 is 0.333 bits per heavy atom. The number of halogens is 1. The fourth-order valence-electron chi connectivity index (χ4n) is 0. The summed E-state index contributed by atoms with van der Waals surface area (Å²) in [6.07, 6.45) is 0. The summed E-state index contributed by atoms with van der Waals surface area (Å²) in [6, 6.07) is 0. The van der Waals surface area contributed by atoms with Crippen LogP contribution in [-0.4, -0.2) is 27.4 Å². The van der Waals surface area contributed by atoms with Crippen LogP contribution in [0.25, 0.3) is 0 Å². The Kier molecular flexibility index (Phi) is 34100000. The van der Waals surface area contributed by atoms with Crippen LogP contribution in [0.1, 0.15) is 0 Å². The lowest BCUT2D eigenvalue weighted by molar-refractivity contribution is 0.823. The lowest BCUT2D eigenvalue weighted by atomic mass is 16.0. The van der Waals surface area contributed by atoms with Crippen molar-refractivity contribution in [2.45, 2.75) is 0 Å². The molecule has 5 nitrogen and oxygen atoms in total. The average Bonchev–Trinajstić information content (AvgIpc) is 0. The molecule has 0 radical (unpaired) electrons. The van der Waals surface area contributed by atoms with Gasteiger partial charge < -0.3 is 27.4 Å². The first-order chi connectivity index (χ1) is 0. The van der Waals surface area contributed by atoms with Crippen molar-refractivity contribution < 1.29 is 27.4 Å². The maximum absolute atomic E-state index is 0. The van der Waals surface area contributed by atoms with E-state index >= 15 is 0 Å². The highest BCUT2D eigenvalue weighted by molar-refractivity contribution is 5.85. The van der Waals surface area contributed by atoms with Crippen molar-refractivity contribution in [2.24, 2.45) is 0 Å². The Bertz CT molecular complexity index is 3.90. The fraction of sp³-hybridized carbons (Fsp3) is 0. The largest absolute Gasteiger partial charge is 0.412 e. The van der Waals surface area contributed by atoms with Gasteiger partial charge in [-0.3, -0.25) is 0 Å². The van der Waals surface area contributed by atoms with Crippen molar-refractivity contribution >= 4 is 12.4 Å². The maximum atomic E-state index is 0. The predicted octanol–water partition coefficient (Wildman–Crippen LogP) is -3.70. The highest BCUT2D eigenvalue weighted by Gasteiger charge is -0.147. The average molecular weight is 127 g/mol. The molecule has 0 aliphatic carbocycles. The Balaban J connectivity index is 0. The molecule has 0 saturated heterocycles. The van der Waals surface area contributed by atoms with E-state index in [4.69, 9.17) is 0 Å². The van der Waals surface area contributed by atoms with Crippen LogP contribution in [0.4, 0.5) is 0 Å². The molecule has 0 aliphatic rings. The van der Waals surface area contributed by atoms with E-state index in [-0.39, 0.29) is 39.8 Å². The zero-order chi connectivity index (χ0) is 0. The highest BCUT2D eigenvalue weighted by atomic mass is 35.5. The first kappa shape index (κ1) is 19500. The fourth-order valence-corrected chi connectivity index (χ4v) is 0. The Labute approximate surface area is 40.9 Å². The normalized spacial score (nSPS) is 0. The van der Waals surface area contributed by atoms with Crippen molar-refractivity contribution in [3.05, 3.63) is 0 Å². The maximum Gasteiger partial charge on any atom is -0.147 e. The summed E-state index contributed by atoms with van der Waals surface area (Å²) in [5.41, 5.74) is 0. The molecule has 10 N–H and O–H groups in total. The first-order valence-electron chi connectivity index (χ1n) is 0. The van der Waals surface area contributed by atoms with E-state index in [1.165, 1.54) is 0 Å². The molecule has 0 aromatic rings. The van der Waals surface area contributed by atoms with Gasteiger partial charge in [0.2, 0.25) is 0 Å². The second kappa shape index (κ2) is 10500. The van der Waals surface area contributed by atoms with E-state index in [1.807, 2.05) is 0 Å². The lowest BCUT2D eigenvalue weighted by Crippen LogP contribution is -0.290. The van der Waals surface area contributed by atoms with E-state index in [2.05, 4.69) is 0 Å². The SMILES string of the molecule is Cl.O.O.O.O.O. The van der Waals surface area contributed by atoms with Gasteiger partial charge in [-0.05, 0) is 0 Å². The molecule has 0 unspecified atom stereocenters. The van der Waals surface area contributed by atoms with Crippen LogP contribution in [-0.2, 0) is 0 Å². The number of hydrogen-bond donors (Lipinski definition) is 0. The van der Waals surface area contributed by atoms with Gasteiger partial charge in [0.15, 0.2) is 0 Å². The zero-order valence-corrected chi connectivity index (χ0v) is 3.72. The monoisotopic (exact) mass is 126 g/mol.